The third-order valence-corrected chi connectivity index (χ3v) is 1.12. The van der Waals surface area contributed by atoms with Gasteiger partial charge in [0.2, 0.25) is 17.2 Å². The maximum atomic E-state index is 8.07. The number of anilines is 1. The summed E-state index contributed by atoms with van der Waals surface area (Å²) in [4.78, 5) is 13.4. The topological polar surface area (TPSA) is 99.5 Å². The van der Waals surface area contributed by atoms with Crippen LogP contribution < -0.4 is 5.32 Å². The van der Waals surface area contributed by atoms with Crippen molar-refractivity contribution in [2.45, 2.75) is 0 Å². The first-order valence-corrected chi connectivity index (χ1v) is 3.28. The third-order valence-electron chi connectivity index (χ3n) is 0.954. The summed E-state index contributed by atoms with van der Waals surface area (Å²) in [5, 5.41) is 5.79. The van der Waals surface area contributed by atoms with Gasteiger partial charge in [-0.1, -0.05) is 0 Å². The van der Waals surface area contributed by atoms with E-state index in [1.54, 1.807) is 7.05 Å². The van der Waals surface area contributed by atoms with E-state index in [-0.39, 0.29) is 17.2 Å². The lowest BCUT2D eigenvalue weighted by molar-refractivity contribution is 1.03. The normalized spacial score (nSPS) is 8.83. The first-order chi connectivity index (χ1) is 5.76. The first kappa shape index (κ1) is 8.51. The molecule has 1 aromatic rings. The number of aromatic nitrogens is 3. The van der Waals surface area contributed by atoms with Crippen molar-refractivity contribution in [1.82, 2.24) is 15.0 Å². The molecule has 1 rings (SSSR count). The molecule has 7 nitrogen and oxygen atoms in total. The number of rotatable bonds is 2. The molecule has 0 bridgehead atoms. The molecule has 0 saturated carbocycles. The average Bonchev–Trinajstić information content (AvgIpc) is 2.04. The van der Waals surface area contributed by atoms with Gasteiger partial charge in [-0.25, -0.2) is 0 Å². The minimum Gasteiger partial charge on any atom is -0.357 e. The lowest BCUT2D eigenvalue weighted by Gasteiger charge is -1.97. The van der Waals surface area contributed by atoms with Gasteiger partial charge < -0.3 is 5.32 Å². The summed E-state index contributed by atoms with van der Waals surface area (Å²) in [6, 6.07) is 0. The molecule has 8 heteroatoms. The molecular formula is C4H4ClN7. The zero-order valence-corrected chi connectivity index (χ0v) is 6.82. The minimum atomic E-state index is -0.0538. The Labute approximate surface area is 72.4 Å². The Morgan fingerprint density at radius 3 is 2.83 bits per heavy atom. The van der Waals surface area contributed by atoms with Crippen molar-refractivity contribution < 1.29 is 0 Å². The molecule has 0 radical (unpaired) electrons. The van der Waals surface area contributed by atoms with Crippen LogP contribution in [0, 0.1) is 0 Å². The Hall–Kier alpha value is -1.59. The SMILES string of the molecule is CNc1nc(Cl)nc(N=[N+]=[N-])n1. The van der Waals surface area contributed by atoms with Crippen LogP contribution >= 0.6 is 11.6 Å². The van der Waals surface area contributed by atoms with Gasteiger partial charge in [0.1, 0.15) is 0 Å². The third kappa shape index (κ3) is 1.94. The molecule has 0 saturated heterocycles. The number of halogens is 1. The van der Waals surface area contributed by atoms with E-state index in [0.29, 0.717) is 0 Å². The maximum absolute atomic E-state index is 8.07. The molecule has 0 aliphatic rings. The number of nitrogens with one attached hydrogen (secondary N) is 1. The summed E-state index contributed by atoms with van der Waals surface area (Å²) >= 11 is 5.48. The van der Waals surface area contributed by atoms with E-state index in [1.807, 2.05) is 0 Å². The van der Waals surface area contributed by atoms with Crippen LogP contribution in [-0.2, 0) is 0 Å². The largest absolute Gasteiger partial charge is 0.357 e. The minimum absolute atomic E-state index is 0.0169. The van der Waals surface area contributed by atoms with Crippen molar-refractivity contribution in [1.29, 1.82) is 0 Å². The molecule has 1 heterocycles. The molecule has 0 unspecified atom stereocenters. The van der Waals surface area contributed by atoms with Gasteiger partial charge >= 0.3 is 0 Å². The molecule has 0 fully saturated rings. The summed E-state index contributed by atoms with van der Waals surface area (Å²) in [5.74, 6) is 0.208. The second-order valence-electron chi connectivity index (χ2n) is 1.67. The van der Waals surface area contributed by atoms with Crippen molar-refractivity contribution in [2.75, 3.05) is 12.4 Å². The molecule has 0 spiro atoms. The Kier molecular flexibility index (Phi) is 2.62. The fourth-order valence-electron chi connectivity index (χ4n) is 0.536. The van der Waals surface area contributed by atoms with Crippen molar-refractivity contribution in [3.63, 3.8) is 0 Å². The van der Waals surface area contributed by atoms with Gasteiger partial charge in [-0.3, -0.25) is 0 Å². The number of hydrogen-bond acceptors (Lipinski definition) is 5. The maximum Gasteiger partial charge on any atom is 0.227 e. The van der Waals surface area contributed by atoms with Crippen LogP contribution in [0.2, 0.25) is 5.28 Å². The Morgan fingerprint density at radius 2 is 2.25 bits per heavy atom. The van der Waals surface area contributed by atoms with E-state index in [9.17, 15) is 0 Å². The van der Waals surface area contributed by atoms with E-state index >= 15 is 0 Å². The fourth-order valence-corrected chi connectivity index (χ4v) is 0.692. The second-order valence-corrected chi connectivity index (χ2v) is 2.01. The smallest absolute Gasteiger partial charge is 0.227 e. The number of azide groups is 1. The van der Waals surface area contributed by atoms with Crippen molar-refractivity contribution >= 4 is 23.5 Å². The lowest BCUT2D eigenvalue weighted by atomic mass is 10.9. The van der Waals surface area contributed by atoms with Gasteiger partial charge in [-0.05, 0) is 22.2 Å². The molecule has 62 valence electrons. The predicted molar refractivity (Wildman–Crippen MR) is 43.2 cm³/mol. The van der Waals surface area contributed by atoms with Crippen LogP contribution in [0.5, 0.6) is 0 Å². The fraction of sp³-hybridized carbons (Fsp3) is 0.250. The number of hydrogen-bond donors (Lipinski definition) is 1. The highest BCUT2D eigenvalue weighted by atomic mass is 35.5. The van der Waals surface area contributed by atoms with Gasteiger partial charge in [-0.15, -0.1) is 0 Å². The van der Waals surface area contributed by atoms with Crippen molar-refractivity contribution in [3.8, 4) is 0 Å². The summed E-state index contributed by atoms with van der Waals surface area (Å²) in [6.07, 6.45) is 0. The van der Waals surface area contributed by atoms with Crippen molar-refractivity contribution in [3.05, 3.63) is 15.7 Å². The number of nitrogens with zero attached hydrogens (tertiary/aromatic N) is 6. The Balaban J connectivity index is 3.14. The molecule has 1 aromatic heterocycles. The van der Waals surface area contributed by atoms with Gasteiger partial charge in [0.15, 0.2) is 0 Å². The summed E-state index contributed by atoms with van der Waals surface area (Å²) < 4.78 is 0. The van der Waals surface area contributed by atoms with E-state index in [4.69, 9.17) is 17.1 Å². The van der Waals surface area contributed by atoms with Crippen LogP contribution in [0.1, 0.15) is 0 Å². The van der Waals surface area contributed by atoms with E-state index in [0.717, 1.165) is 0 Å². The molecule has 0 amide bonds. The standard InChI is InChI=1S/C4H4ClN7/c1-7-3-8-2(5)9-4(10-3)11-12-6/h1H3,(H,7,8,9,10). The monoisotopic (exact) mass is 185 g/mol. The van der Waals surface area contributed by atoms with Crippen LogP contribution in [0.15, 0.2) is 5.11 Å². The first-order valence-electron chi connectivity index (χ1n) is 2.90. The predicted octanol–water partition coefficient (Wildman–Crippen LogP) is 1.51. The summed E-state index contributed by atoms with van der Waals surface area (Å²) in [5.41, 5.74) is 8.07. The zero-order valence-electron chi connectivity index (χ0n) is 6.06. The van der Waals surface area contributed by atoms with E-state index < -0.39 is 0 Å². The average molecular weight is 186 g/mol. The van der Waals surface area contributed by atoms with Crippen LogP contribution in [-0.4, -0.2) is 22.0 Å². The lowest BCUT2D eigenvalue weighted by Crippen LogP contribution is -1.97. The van der Waals surface area contributed by atoms with Crippen LogP contribution in [0.3, 0.4) is 0 Å². The van der Waals surface area contributed by atoms with Crippen molar-refractivity contribution in [2.24, 2.45) is 5.11 Å². The molecule has 0 atom stereocenters. The van der Waals surface area contributed by atoms with Crippen LogP contribution in [0.25, 0.3) is 10.4 Å². The highest BCUT2D eigenvalue weighted by Crippen LogP contribution is 2.10. The van der Waals surface area contributed by atoms with Crippen LogP contribution in [0.4, 0.5) is 11.9 Å². The molecular weight excluding hydrogens is 182 g/mol. The highest BCUT2D eigenvalue weighted by molar-refractivity contribution is 6.28. The Bertz CT molecular complexity index is 330. The summed E-state index contributed by atoms with van der Waals surface area (Å²) in [7, 11) is 1.62. The molecule has 0 aliphatic carbocycles. The molecule has 0 aliphatic heterocycles. The summed E-state index contributed by atoms with van der Waals surface area (Å²) in [6.45, 7) is 0. The van der Waals surface area contributed by atoms with E-state index in [1.165, 1.54) is 0 Å². The van der Waals surface area contributed by atoms with Gasteiger partial charge in [0, 0.05) is 12.0 Å². The molecule has 12 heavy (non-hydrogen) atoms. The molecule has 1 N–H and O–H groups in total. The van der Waals surface area contributed by atoms with Gasteiger partial charge in [0.25, 0.3) is 0 Å². The second kappa shape index (κ2) is 3.70. The Morgan fingerprint density at radius 1 is 1.50 bits per heavy atom. The van der Waals surface area contributed by atoms with Gasteiger partial charge in [0.05, 0.1) is 0 Å². The van der Waals surface area contributed by atoms with Gasteiger partial charge in [-0.2, -0.15) is 15.0 Å². The highest BCUT2D eigenvalue weighted by Gasteiger charge is 2.00. The quantitative estimate of drug-likeness (QED) is 0.429. The molecule has 0 aromatic carbocycles. The van der Waals surface area contributed by atoms with E-state index in [2.05, 4.69) is 30.3 Å². The zero-order chi connectivity index (χ0) is 8.97.